The molecular weight excluding hydrogens is 300 g/mol. The fourth-order valence-corrected chi connectivity index (χ4v) is 3.27. The van der Waals surface area contributed by atoms with Crippen molar-refractivity contribution < 1.29 is 13.2 Å². The Balaban J connectivity index is 2.20. The van der Waals surface area contributed by atoms with E-state index in [4.69, 9.17) is 0 Å². The van der Waals surface area contributed by atoms with Crippen LogP contribution >= 0.6 is 0 Å². The number of hydrogen-bond donors (Lipinski definition) is 0. The summed E-state index contributed by atoms with van der Waals surface area (Å²) in [6, 6.07) is 6.21. The highest BCUT2D eigenvalue weighted by Crippen LogP contribution is 2.34. The molecule has 0 spiro atoms. The van der Waals surface area contributed by atoms with Gasteiger partial charge in [-0.1, -0.05) is 18.2 Å². The molecule has 1 amide bonds. The second kappa shape index (κ2) is 6.38. The number of benzene rings is 1. The van der Waals surface area contributed by atoms with Gasteiger partial charge in [0.15, 0.2) is 0 Å². The fourth-order valence-electron chi connectivity index (χ4n) is 2.92. The van der Waals surface area contributed by atoms with Crippen LogP contribution in [0.5, 0.6) is 0 Å². The summed E-state index contributed by atoms with van der Waals surface area (Å²) < 4.78 is 24.1. The number of likely N-dealkylation sites (tertiary alicyclic amines) is 1. The number of rotatable bonds is 4. The highest BCUT2D eigenvalue weighted by atomic mass is 32.2. The number of aryl methyl sites for hydroxylation is 1. The molecule has 0 saturated carbocycles. The third-order valence-corrected chi connectivity index (χ3v) is 5.76. The van der Waals surface area contributed by atoms with Gasteiger partial charge in [-0.15, -0.1) is 0 Å². The highest BCUT2D eigenvalue weighted by molar-refractivity contribution is 7.88. The number of amides is 1. The van der Waals surface area contributed by atoms with Crippen molar-refractivity contribution in [3.8, 4) is 0 Å². The van der Waals surface area contributed by atoms with Crippen LogP contribution < -0.4 is 0 Å². The van der Waals surface area contributed by atoms with Crippen LogP contribution in [0.4, 0.5) is 0 Å². The summed E-state index contributed by atoms with van der Waals surface area (Å²) >= 11 is 0. The van der Waals surface area contributed by atoms with Gasteiger partial charge in [-0.05, 0) is 43.4 Å². The van der Waals surface area contributed by atoms with E-state index >= 15 is 0 Å². The maximum atomic E-state index is 12.5. The van der Waals surface area contributed by atoms with E-state index in [1.165, 1.54) is 23.7 Å². The van der Waals surface area contributed by atoms with Gasteiger partial charge in [0, 0.05) is 13.6 Å². The second-order valence-corrected chi connectivity index (χ2v) is 8.14. The molecule has 6 heteroatoms. The van der Waals surface area contributed by atoms with E-state index in [9.17, 15) is 13.2 Å². The molecule has 1 aliphatic rings. The summed E-state index contributed by atoms with van der Waals surface area (Å²) in [5, 5.41) is 0. The minimum atomic E-state index is -3.34. The molecule has 0 aromatic heterocycles. The average molecular weight is 324 g/mol. The van der Waals surface area contributed by atoms with Gasteiger partial charge in [-0.3, -0.25) is 4.79 Å². The summed E-state index contributed by atoms with van der Waals surface area (Å²) in [6.07, 6.45) is 3.00. The molecule has 1 heterocycles. The normalized spacial score (nSPS) is 19.0. The van der Waals surface area contributed by atoms with Crippen LogP contribution in [0.15, 0.2) is 18.2 Å². The first kappa shape index (κ1) is 17.0. The van der Waals surface area contributed by atoms with Crippen molar-refractivity contribution >= 4 is 15.9 Å². The summed E-state index contributed by atoms with van der Waals surface area (Å²) in [4.78, 5) is 14.3. The van der Waals surface area contributed by atoms with Gasteiger partial charge in [0.25, 0.3) is 0 Å². The van der Waals surface area contributed by atoms with Gasteiger partial charge in [0.05, 0.1) is 18.8 Å². The Morgan fingerprint density at radius 2 is 2.05 bits per heavy atom. The second-order valence-electron chi connectivity index (χ2n) is 6.05. The molecule has 1 atom stereocenters. The fraction of sp³-hybridized carbons (Fsp3) is 0.562. The lowest BCUT2D eigenvalue weighted by Crippen LogP contribution is -2.40. The smallest absolute Gasteiger partial charge is 0.238 e. The van der Waals surface area contributed by atoms with E-state index < -0.39 is 10.0 Å². The Kier molecular flexibility index (Phi) is 4.92. The van der Waals surface area contributed by atoms with Crippen LogP contribution in [0.25, 0.3) is 0 Å². The first-order chi connectivity index (χ1) is 10.2. The van der Waals surface area contributed by atoms with Gasteiger partial charge < -0.3 is 4.90 Å². The third kappa shape index (κ3) is 3.50. The van der Waals surface area contributed by atoms with E-state index in [0.717, 1.165) is 23.4 Å². The number of carbonyl (C=O) groups is 1. The predicted octanol–water partition coefficient (Wildman–Crippen LogP) is 1.86. The lowest BCUT2D eigenvalue weighted by molar-refractivity contribution is -0.132. The molecule has 0 aliphatic carbocycles. The maximum absolute atomic E-state index is 12.5. The van der Waals surface area contributed by atoms with Crippen LogP contribution in [0.3, 0.4) is 0 Å². The zero-order valence-electron chi connectivity index (χ0n) is 13.7. The zero-order valence-corrected chi connectivity index (χ0v) is 14.5. The minimum absolute atomic E-state index is 0.0559. The molecule has 22 heavy (non-hydrogen) atoms. The number of hydrogen-bond acceptors (Lipinski definition) is 3. The number of carbonyl (C=O) groups excluding carboxylic acids is 1. The van der Waals surface area contributed by atoms with Gasteiger partial charge in [0.1, 0.15) is 0 Å². The Bertz CT molecular complexity index is 670. The molecule has 0 N–H and O–H groups in total. The Labute approximate surface area is 133 Å². The van der Waals surface area contributed by atoms with Crippen molar-refractivity contribution in [2.45, 2.75) is 32.7 Å². The zero-order chi connectivity index (χ0) is 16.5. The SMILES string of the molecule is Cc1cccc([C@H]2CCCN2C(=O)CN(C)S(C)(=O)=O)c1C. The van der Waals surface area contributed by atoms with Crippen molar-refractivity contribution in [2.75, 3.05) is 26.4 Å². The lowest BCUT2D eigenvalue weighted by Gasteiger charge is -2.28. The molecule has 1 aliphatic heterocycles. The largest absolute Gasteiger partial charge is 0.335 e. The van der Waals surface area contributed by atoms with Crippen LogP contribution in [0.1, 0.15) is 35.6 Å². The Hall–Kier alpha value is -1.40. The highest BCUT2D eigenvalue weighted by Gasteiger charge is 2.32. The van der Waals surface area contributed by atoms with Crippen molar-refractivity contribution in [3.05, 3.63) is 34.9 Å². The molecule has 1 aromatic carbocycles. The van der Waals surface area contributed by atoms with Crippen LogP contribution in [-0.2, 0) is 14.8 Å². The van der Waals surface area contributed by atoms with Crippen molar-refractivity contribution in [2.24, 2.45) is 0 Å². The summed E-state index contributed by atoms with van der Waals surface area (Å²) in [7, 11) is -1.90. The van der Waals surface area contributed by atoms with Crippen molar-refractivity contribution in [3.63, 3.8) is 0 Å². The minimum Gasteiger partial charge on any atom is -0.335 e. The van der Waals surface area contributed by atoms with E-state index in [1.54, 1.807) is 0 Å². The number of nitrogens with zero attached hydrogens (tertiary/aromatic N) is 2. The molecule has 5 nitrogen and oxygen atoms in total. The van der Waals surface area contributed by atoms with Gasteiger partial charge >= 0.3 is 0 Å². The standard InChI is InChI=1S/C16H24N2O3S/c1-12-7-5-8-14(13(12)2)15-9-6-10-18(15)16(19)11-17(3)22(4,20)21/h5,7-8,15H,6,9-11H2,1-4H3/t15-/m1/s1. The number of sulfonamides is 1. The van der Waals surface area contributed by atoms with Crippen LogP contribution in [-0.4, -0.2) is 49.9 Å². The van der Waals surface area contributed by atoms with Gasteiger partial charge in [-0.25, -0.2) is 8.42 Å². The molecule has 1 fully saturated rings. The molecule has 1 saturated heterocycles. The molecule has 2 rings (SSSR count). The number of likely N-dealkylation sites (N-methyl/N-ethyl adjacent to an activating group) is 1. The van der Waals surface area contributed by atoms with E-state index in [-0.39, 0.29) is 18.5 Å². The molecule has 0 unspecified atom stereocenters. The summed E-state index contributed by atoms with van der Waals surface area (Å²) in [5.41, 5.74) is 3.60. The first-order valence-electron chi connectivity index (χ1n) is 7.48. The van der Waals surface area contributed by atoms with E-state index in [1.807, 2.05) is 11.0 Å². The van der Waals surface area contributed by atoms with Gasteiger partial charge in [0.2, 0.25) is 15.9 Å². The van der Waals surface area contributed by atoms with Gasteiger partial charge in [-0.2, -0.15) is 4.31 Å². The molecule has 0 bridgehead atoms. The Morgan fingerprint density at radius 3 is 2.68 bits per heavy atom. The van der Waals surface area contributed by atoms with E-state index in [2.05, 4.69) is 26.0 Å². The molecule has 1 aromatic rings. The summed E-state index contributed by atoms with van der Waals surface area (Å²) in [5.74, 6) is -0.128. The monoisotopic (exact) mass is 324 g/mol. The quantitative estimate of drug-likeness (QED) is 0.849. The Morgan fingerprint density at radius 1 is 1.36 bits per heavy atom. The van der Waals surface area contributed by atoms with Crippen molar-refractivity contribution in [1.29, 1.82) is 0 Å². The topological polar surface area (TPSA) is 57.7 Å². The molecular formula is C16H24N2O3S. The lowest BCUT2D eigenvalue weighted by atomic mass is 9.96. The van der Waals surface area contributed by atoms with Crippen LogP contribution in [0.2, 0.25) is 0 Å². The first-order valence-corrected chi connectivity index (χ1v) is 9.33. The average Bonchev–Trinajstić information content (AvgIpc) is 2.90. The van der Waals surface area contributed by atoms with Crippen molar-refractivity contribution in [1.82, 2.24) is 9.21 Å². The third-order valence-electron chi connectivity index (χ3n) is 4.50. The summed E-state index contributed by atoms with van der Waals surface area (Å²) in [6.45, 7) is 4.74. The molecule has 122 valence electrons. The predicted molar refractivity (Wildman–Crippen MR) is 87.1 cm³/mol. The maximum Gasteiger partial charge on any atom is 0.238 e. The van der Waals surface area contributed by atoms with E-state index in [0.29, 0.717) is 6.54 Å². The molecule has 0 radical (unpaired) electrons. The van der Waals surface area contributed by atoms with Crippen LogP contribution in [0, 0.1) is 13.8 Å².